The van der Waals surface area contributed by atoms with E-state index in [1.54, 1.807) is 48.2 Å². The fourth-order valence-electron chi connectivity index (χ4n) is 3.61. The van der Waals surface area contributed by atoms with E-state index in [1.165, 1.54) is 6.26 Å². The zero-order valence-electron chi connectivity index (χ0n) is 18.3. The summed E-state index contributed by atoms with van der Waals surface area (Å²) in [7, 11) is 0. The van der Waals surface area contributed by atoms with Crippen LogP contribution in [0.1, 0.15) is 31.7 Å². The second-order valence-corrected chi connectivity index (χ2v) is 7.79. The van der Waals surface area contributed by atoms with Crippen LogP contribution in [-0.4, -0.2) is 51.0 Å². The minimum atomic E-state index is -1.26. The Morgan fingerprint density at radius 1 is 1.18 bits per heavy atom. The van der Waals surface area contributed by atoms with Crippen LogP contribution in [0.2, 0.25) is 0 Å². The zero-order chi connectivity index (χ0) is 23.4. The molecule has 1 aliphatic heterocycles. The van der Waals surface area contributed by atoms with E-state index >= 15 is 0 Å². The molecule has 33 heavy (non-hydrogen) atoms. The van der Waals surface area contributed by atoms with Gasteiger partial charge < -0.3 is 14.2 Å². The number of hydrogen-bond donors (Lipinski definition) is 2. The van der Waals surface area contributed by atoms with Crippen molar-refractivity contribution in [1.82, 2.24) is 30.8 Å². The maximum absolute atomic E-state index is 13.0. The van der Waals surface area contributed by atoms with E-state index in [0.29, 0.717) is 23.8 Å². The lowest BCUT2D eigenvalue weighted by Crippen LogP contribution is -2.50. The number of amides is 4. The maximum Gasteiger partial charge on any atom is 0.344 e. The standard InChI is InChI=1S/C22H24N6O5/c1-3-11-27(14-18-24-25-19(33-18)16-10-7-12-32-16)13-17(29)26-28-20(30)22(2,23-21(28)31)15-8-5-4-6-9-15/h4-10,12H,3,11,13-14H2,1-2H3,(H,23,31)(H,26,29)/t22-/m1/s1. The average molecular weight is 452 g/mol. The molecule has 2 N–H and O–H groups in total. The second kappa shape index (κ2) is 9.25. The largest absolute Gasteiger partial charge is 0.459 e. The van der Waals surface area contributed by atoms with Crippen molar-refractivity contribution in [2.24, 2.45) is 0 Å². The number of benzene rings is 1. The quantitative estimate of drug-likeness (QED) is 0.471. The second-order valence-electron chi connectivity index (χ2n) is 7.79. The van der Waals surface area contributed by atoms with Gasteiger partial charge in [0, 0.05) is 0 Å². The Balaban J connectivity index is 1.40. The number of hydrazine groups is 1. The maximum atomic E-state index is 13.0. The third-order valence-electron chi connectivity index (χ3n) is 5.24. The van der Waals surface area contributed by atoms with Gasteiger partial charge in [-0.2, -0.15) is 5.01 Å². The van der Waals surface area contributed by atoms with Crippen molar-refractivity contribution >= 4 is 17.8 Å². The van der Waals surface area contributed by atoms with Crippen LogP contribution in [0.5, 0.6) is 0 Å². The molecular formula is C22H24N6O5. The number of urea groups is 1. The van der Waals surface area contributed by atoms with Crippen molar-refractivity contribution in [3.8, 4) is 11.7 Å². The first-order valence-electron chi connectivity index (χ1n) is 10.5. The molecule has 0 saturated carbocycles. The molecule has 0 unspecified atom stereocenters. The van der Waals surface area contributed by atoms with Crippen molar-refractivity contribution < 1.29 is 23.2 Å². The normalized spacial score (nSPS) is 18.1. The first-order valence-corrected chi connectivity index (χ1v) is 10.5. The number of imide groups is 1. The molecule has 0 radical (unpaired) electrons. The fourth-order valence-corrected chi connectivity index (χ4v) is 3.61. The summed E-state index contributed by atoms with van der Waals surface area (Å²) in [5.41, 5.74) is 1.77. The summed E-state index contributed by atoms with van der Waals surface area (Å²) in [4.78, 5) is 39.9. The van der Waals surface area contributed by atoms with E-state index in [0.717, 1.165) is 11.4 Å². The third-order valence-corrected chi connectivity index (χ3v) is 5.24. The molecule has 172 valence electrons. The topological polar surface area (TPSA) is 134 Å². The number of aromatic nitrogens is 2. The summed E-state index contributed by atoms with van der Waals surface area (Å²) in [6.07, 6.45) is 2.27. The van der Waals surface area contributed by atoms with Crippen LogP contribution in [-0.2, 0) is 21.7 Å². The molecular weight excluding hydrogens is 428 g/mol. The van der Waals surface area contributed by atoms with Gasteiger partial charge in [-0.3, -0.25) is 19.9 Å². The van der Waals surface area contributed by atoms with Gasteiger partial charge in [0.1, 0.15) is 5.54 Å². The Kier molecular flexibility index (Phi) is 6.22. The van der Waals surface area contributed by atoms with Gasteiger partial charge in [-0.15, -0.1) is 10.2 Å². The van der Waals surface area contributed by atoms with E-state index in [2.05, 4.69) is 20.9 Å². The van der Waals surface area contributed by atoms with E-state index in [1.807, 2.05) is 13.0 Å². The minimum Gasteiger partial charge on any atom is -0.459 e. The molecule has 1 aliphatic rings. The molecule has 1 aromatic carbocycles. The summed E-state index contributed by atoms with van der Waals surface area (Å²) >= 11 is 0. The molecule has 1 atom stereocenters. The lowest BCUT2D eigenvalue weighted by Gasteiger charge is -2.23. The van der Waals surface area contributed by atoms with Crippen LogP contribution >= 0.6 is 0 Å². The highest BCUT2D eigenvalue weighted by atomic mass is 16.4. The predicted molar refractivity (Wildman–Crippen MR) is 115 cm³/mol. The van der Waals surface area contributed by atoms with Gasteiger partial charge in [-0.25, -0.2) is 4.79 Å². The predicted octanol–water partition coefficient (Wildman–Crippen LogP) is 2.04. The van der Waals surface area contributed by atoms with Crippen LogP contribution in [0.15, 0.2) is 57.6 Å². The summed E-state index contributed by atoms with van der Waals surface area (Å²) in [6.45, 7) is 4.27. The highest BCUT2D eigenvalue weighted by Crippen LogP contribution is 2.27. The summed E-state index contributed by atoms with van der Waals surface area (Å²) in [5.74, 6) is -0.0672. The third kappa shape index (κ3) is 4.62. The molecule has 11 heteroatoms. The van der Waals surface area contributed by atoms with Gasteiger partial charge in [0.05, 0.1) is 19.4 Å². The molecule has 2 aromatic heterocycles. The Bertz CT molecular complexity index is 1130. The van der Waals surface area contributed by atoms with Gasteiger partial charge in [-0.05, 0) is 37.6 Å². The van der Waals surface area contributed by atoms with Gasteiger partial charge >= 0.3 is 6.03 Å². The summed E-state index contributed by atoms with van der Waals surface area (Å²) < 4.78 is 10.9. The zero-order valence-corrected chi connectivity index (χ0v) is 18.3. The Hall–Kier alpha value is -3.99. The number of carbonyl (C=O) groups is 3. The van der Waals surface area contributed by atoms with Gasteiger partial charge in [-0.1, -0.05) is 37.3 Å². The number of hydrogen-bond acceptors (Lipinski definition) is 8. The summed E-state index contributed by atoms with van der Waals surface area (Å²) in [5, 5.41) is 11.3. The van der Waals surface area contributed by atoms with E-state index < -0.39 is 23.4 Å². The average Bonchev–Trinajstić information content (AvgIpc) is 3.53. The van der Waals surface area contributed by atoms with Crippen molar-refractivity contribution in [3.05, 3.63) is 60.2 Å². The number of nitrogens with one attached hydrogen (secondary N) is 2. The number of nitrogens with zero attached hydrogens (tertiary/aromatic N) is 4. The Labute approximate surface area is 189 Å². The molecule has 11 nitrogen and oxygen atoms in total. The summed E-state index contributed by atoms with van der Waals surface area (Å²) in [6, 6.07) is 11.6. The molecule has 0 aliphatic carbocycles. The minimum absolute atomic E-state index is 0.0780. The van der Waals surface area contributed by atoms with E-state index in [9.17, 15) is 14.4 Å². The molecule has 1 fully saturated rings. The number of rotatable bonds is 9. The Morgan fingerprint density at radius 3 is 2.67 bits per heavy atom. The number of carbonyl (C=O) groups excluding carboxylic acids is 3. The van der Waals surface area contributed by atoms with Crippen molar-refractivity contribution in [2.75, 3.05) is 13.1 Å². The fraction of sp³-hybridized carbons (Fsp3) is 0.318. The van der Waals surface area contributed by atoms with Gasteiger partial charge in [0.2, 0.25) is 5.89 Å². The highest BCUT2D eigenvalue weighted by molar-refractivity contribution is 6.08. The molecule has 1 saturated heterocycles. The van der Waals surface area contributed by atoms with Crippen LogP contribution < -0.4 is 10.7 Å². The molecule has 4 rings (SSSR count). The first kappa shape index (κ1) is 22.2. The highest BCUT2D eigenvalue weighted by Gasteiger charge is 2.50. The van der Waals surface area contributed by atoms with Gasteiger partial charge in [0.15, 0.2) is 5.76 Å². The van der Waals surface area contributed by atoms with Crippen LogP contribution in [0.25, 0.3) is 11.7 Å². The molecule has 0 spiro atoms. The van der Waals surface area contributed by atoms with Crippen molar-refractivity contribution in [3.63, 3.8) is 0 Å². The van der Waals surface area contributed by atoms with E-state index in [4.69, 9.17) is 8.83 Å². The molecule has 4 amide bonds. The first-order chi connectivity index (χ1) is 15.9. The van der Waals surface area contributed by atoms with Crippen LogP contribution in [0.3, 0.4) is 0 Å². The monoisotopic (exact) mass is 452 g/mol. The van der Waals surface area contributed by atoms with Gasteiger partial charge in [0.25, 0.3) is 17.7 Å². The van der Waals surface area contributed by atoms with Crippen LogP contribution in [0.4, 0.5) is 4.79 Å². The molecule has 0 bridgehead atoms. The Morgan fingerprint density at radius 2 is 1.97 bits per heavy atom. The lowest BCUT2D eigenvalue weighted by molar-refractivity contribution is -0.139. The van der Waals surface area contributed by atoms with Crippen LogP contribution in [0, 0.1) is 0 Å². The molecule has 3 heterocycles. The van der Waals surface area contributed by atoms with Crippen molar-refractivity contribution in [1.29, 1.82) is 0 Å². The number of furan rings is 1. The van der Waals surface area contributed by atoms with E-state index in [-0.39, 0.29) is 19.0 Å². The smallest absolute Gasteiger partial charge is 0.344 e. The molecule has 3 aromatic rings. The van der Waals surface area contributed by atoms with Crippen molar-refractivity contribution in [2.45, 2.75) is 32.4 Å². The SMILES string of the molecule is CCCN(CC(=O)NN1C(=O)N[C@](C)(c2ccccc2)C1=O)Cc1nnc(-c2ccco2)o1. The lowest BCUT2D eigenvalue weighted by atomic mass is 9.92.